The Bertz CT molecular complexity index is 453. The molecule has 3 N–H and O–H groups in total. The number of urea groups is 1. The Balaban J connectivity index is 1.19. The van der Waals surface area contributed by atoms with E-state index in [4.69, 9.17) is 9.84 Å². The van der Waals surface area contributed by atoms with Crippen LogP contribution < -0.4 is 10.6 Å². The summed E-state index contributed by atoms with van der Waals surface area (Å²) in [6.45, 7) is 0.393. The molecule has 4 rings (SSSR count). The van der Waals surface area contributed by atoms with Gasteiger partial charge in [0.1, 0.15) is 0 Å². The van der Waals surface area contributed by atoms with Crippen molar-refractivity contribution in [2.24, 2.45) is 23.7 Å². The molecule has 6 nitrogen and oxygen atoms in total. The topological polar surface area (TPSA) is 87.7 Å². The van der Waals surface area contributed by atoms with E-state index in [0.29, 0.717) is 25.4 Å². The Morgan fingerprint density at radius 3 is 2.43 bits per heavy atom. The molecular weight excluding hydrogens is 272 g/mol. The summed E-state index contributed by atoms with van der Waals surface area (Å²) in [7, 11) is 0. The Morgan fingerprint density at radius 1 is 1.10 bits per heavy atom. The van der Waals surface area contributed by atoms with E-state index in [9.17, 15) is 9.59 Å². The lowest BCUT2D eigenvalue weighted by atomic mass is 10.0. The van der Waals surface area contributed by atoms with Crippen LogP contribution in [0.1, 0.15) is 32.1 Å². The Kier molecular flexibility index (Phi) is 3.10. The maximum absolute atomic E-state index is 11.9. The molecule has 0 spiro atoms. The number of ether oxygens (including phenoxy) is 1. The van der Waals surface area contributed by atoms with E-state index in [1.807, 2.05) is 0 Å². The standard InChI is InChI=1S/C15H22N2O4/c18-14(19)10-4-3-9(21-10)6-16-15(20)17-13-11-7-1-2-8(5-7)12(11)13/h7-13H,1-6H2,(H,18,19)(H2,16,17,20). The van der Waals surface area contributed by atoms with Gasteiger partial charge in [-0.05, 0) is 55.8 Å². The van der Waals surface area contributed by atoms with Crippen molar-refractivity contribution in [3.63, 3.8) is 0 Å². The van der Waals surface area contributed by atoms with Crippen molar-refractivity contribution in [2.75, 3.05) is 6.54 Å². The quantitative estimate of drug-likeness (QED) is 0.721. The molecule has 1 aliphatic heterocycles. The van der Waals surface area contributed by atoms with Gasteiger partial charge in [-0.25, -0.2) is 9.59 Å². The lowest BCUT2D eigenvalue weighted by Gasteiger charge is -2.14. The molecule has 6 atom stereocenters. The van der Waals surface area contributed by atoms with Crippen molar-refractivity contribution < 1.29 is 19.4 Å². The van der Waals surface area contributed by atoms with Crippen LogP contribution in [0.3, 0.4) is 0 Å². The fraction of sp³-hybridized carbons (Fsp3) is 0.867. The predicted octanol–water partition coefficient (Wildman–Crippen LogP) is 0.962. The SMILES string of the molecule is O=C(NCC1CCC(C(=O)O)O1)NC1C2C3CCC(C3)C12. The second-order valence-electron chi connectivity index (χ2n) is 7.03. The highest BCUT2D eigenvalue weighted by Crippen LogP contribution is 2.65. The predicted molar refractivity (Wildman–Crippen MR) is 73.7 cm³/mol. The van der Waals surface area contributed by atoms with Crippen LogP contribution in [0.25, 0.3) is 0 Å². The third-order valence-corrected chi connectivity index (χ3v) is 5.91. The maximum Gasteiger partial charge on any atom is 0.332 e. The summed E-state index contributed by atoms with van der Waals surface area (Å²) in [5.41, 5.74) is 0. The van der Waals surface area contributed by atoms with Crippen LogP contribution in [-0.4, -0.2) is 41.9 Å². The molecule has 6 unspecified atom stereocenters. The molecule has 4 fully saturated rings. The van der Waals surface area contributed by atoms with Gasteiger partial charge in [-0.15, -0.1) is 0 Å². The highest BCUT2D eigenvalue weighted by atomic mass is 16.5. The smallest absolute Gasteiger partial charge is 0.332 e. The van der Waals surface area contributed by atoms with E-state index in [2.05, 4.69) is 10.6 Å². The number of carbonyl (C=O) groups is 2. The monoisotopic (exact) mass is 294 g/mol. The summed E-state index contributed by atoms with van der Waals surface area (Å²) < 4.78 is 5.37. The molecule has 1 heterocycles. The first kappa shape index (κ1) is 13.4. The van der Waals surface area contributed by atoms with Crippen LogP contribution in [0.15, 0.2) is 0 Å². The number of rotatable bonds is 4. The van der Waals surface area contributed by atoms with Crippen molar-refractivity contribution in [1.82, 2.24) is 10.6 Å². The normalized spacial score (nSPS) is 46.2. The van der Waals surface area contributed by atoms with E-state index >= 15 is 0 Å². The van der Waals surface area contributed by atoms with Gasteiger partial charge in [0, 0.05) is 12.6 Å². The van der Waals surface area contributed by atoms with Crippen LogP contribution in [0.2, 0.25) is 0 Å². The van der Waals surface area contributed by atoms with Gasteiger partial charge in [-0.2, -0.15) is 0 Å². The van der Waals surface area contributed by atoms with Gasteiger partial charge >= 0.3 is 12.0 Å². The number of carboxylic acids is 1. The molecule has 1 saturated heterocycles. The second-order valence-corrected chi connectivity index (χ2v) is 7.03. The van der Waals surface area contributed by atoms with Gasteiger partial charge in [0.05, 0.1) is 6.10 Å². The first-order chi connectivity index (χ1) is 10.1. The van der Waals surface area contributed by atoms with Crippen molar-refractivity contribution in [1.29, 1.82) is 0 Å². The summed E-state index contributed by atoms with van der Waals surface area (Å²) in [6, 6.07) is 0.253. The minimum atomic E-state index is -0.914. The van der Waals surface area contributed by atoms with Gasteiger partial charge in [0.25, 0.3) is 0 Å². The minimum absolute atomic E-state index is 0.129. The zero-order valence-corrected chi connectivity index (χ0v) is 12.0. The van der Waals surface area contributed by atoms with E-state index < -0.39 is 12.1 Å². The molecule has 21 heavy (non-hydrogen) atoms. The molecule has 6 heteroatoms. The largest absolute Gasteiger partial charge is 0.479 e. The molecule has 0 aromatic rings. The fourth-order valence-electron chi connectivity index (χ4n) is 4.96. The van der Waals surface area contributed by atoms with Gasteiger partial charge < -0.3 is 20.5 Å². The number of hydrogen-bond donors (Lipinski definition) is 3. The number of fused-ring (bicyclic) bond motifs is 5. The molecule has 2 amide bonds. The van der Waals surface area contributed by atoms with Crippen molar-refractivity contribution in [2.45, 2.75) is 50.4 Å². The lowest BCUT2D eigenvalue weighted by Crippen LogP contribution is -2.42. The first-order valence-electron chi connectivity index (χ1n) is 8.06. The van der Waals surface area contributed by atoms with E-state index in [1.54, 1.807) is 0 Å². The lowest BCUT2D eigenvalue weighted by molar-refractivity contribution is -0.149. The molecule has 3 aliphatic carbocycles. The number of amides is 2. The van der Waals surface area contributed by atoms with Gasteiger partial charge in [0.15, 0.2) is 6.10 Å². The number of hydrogen-bond acceptors (Lipinski definition) is 3. The summed E-state index contributed by atoms with van der Waals surface area (Å²) in [6.07, 6.45) is 4.40. The highest BCUT2D eigenvalue weighted by Gasteiger charge is 2.65. The molecule has 3 saturated carbocycles. The molecule has 0 radical (unpaired) electrons. The summed E-state index contributed by atoms with van der Waals surface area (Å²) in [5, 5.41) is 14.8. The molecule has 0 aromatic heterocycles. The van der Waals surface area contributed by atoms with Crippen LogP contribution in [0, 0.1) is 23.7 Å². The maximum atomic E-state index is 11.9. The van der Waals surface area contributed by atoms with E-state index in [-0.39, 0.29) is 12.1 Å². The summed E-state index contributed by atoms with van der Waals surface area (Å²) in [5.74, 6) is 2.24. The number of aliphatic carboxylic acids is 1. The molecule has 0 aromatic carbocycles. The van der Waals surface area contributed by atoms with Gasteiger partial charge in [-0.1, -0.05) is 0 Å². The van der Waals surface area contributed by atoms with Crippen molar-refractivity contribution >= 4 is 12.0 Å². The summed E-state index contributed by atoms with van der Waals surface area (Å²) >= 11 is 0. The highest BCUT2D eigenvalue weighted by molar-refractivity contribution is 5.75. The molecular formula is C15H22N2O4. The number of nitrogens with one attached hydrogen (secondary N) is 2. The average molecular weight is 294 g/mol. The molecule has 2 bridgehead atoms. The third-order valence-electron chi connectivity index (χ3n) is 5.91. The summed E-state index contributed by atoms with van der Waals surface area (Å²) in [4.78, 5) is 22.7. The molecule has 4 aliphatic rings. The van der Waals surface area contributed by atoms with Crippen LogP contribution in [0.5, 0.6) is 0 Å². The van der Waals surface area contributed by atoms with Crippen molar-refractivity contribution in [3.8, 4) is 0 Å². The van der Waals surface area contributed by atoms with Crippen LogP contribution in [-0.2, 0) is 9.53 Å². The fourth-order valence-corrected chi connectivity index (χ4v) is 4.96. The van der Waals surface area contributed by atoms with E-state index in [1.165, 1.54) is 19.3 Å². The molecule has 116 valence electrons. The Morgan fingerprint density at radius 2 is 1.81 bits per heavy atom. The Hall–Kier alpha value is -1.30. The second kappa shape index (κ2) is 4.87. The van der Waals surface area contributed by atoms with E-state index in [0.717, 1.165) is 23.7 Å². The zero-order chi connectivity index (χ0) is 14.6. The zero-order valence-electron chi connectivity index (χ0n) is 12.0. The van der Waals surface area contributed by atoms with Crippen LogP contribution in [0.4, 0.5) is 4.79 Å². The van der Waals surface area contributed by atoms with Gasteiger partial charge in [0.2, 0.25) is 0 Å². The average Bonchev–Trinajstić information content (AvgIpc) is 2.92. The number of carbonyl (C=O) groups excluding carboxylic acids is 1. The third kappa shape index (κ3) is 2.29. The number of carboxylic acid groups (broad SMARTS) is 1. The van der Waals surface area contributed by atoms with Crippen molar-refractivity contribution in [3.05, 3.63) is 0 Å². The first-order valence-corrected chi connectivity index (χ1v) is 8.06. The van der Waals surface area contributed by atoms with Crippen LogP contribution >= 0.6 is 0 Å². The van der Waals surface area contributed by atoms with Gasteiger partial charge in [-0.3, -0.25) is 0 Å². The minimum Gasteiger partial charge on any atom is -0.479 e. The Labute approximate surface area is 123 Å².